The predicted molar refractivity (Wildman–Crippen MR) is 108 cm³/mol. The highest BCUT2D eigenvalue weighted by molar-refractivity contribution is 5.80. The van der Waals surface area contributed by atoms with Crippen LogP contribution in [0.15, 0.2) is 12.4 Å². The van der Waals surface area contributed by atoms with Crippen molar-refractivity contribution >= 4 is 17.1 Å². The van der Waals surface area contributed by atoms with Gasteiger partial charge in [-0.15, -0.1) is 0 Å². The maximum Gasteiger partial charge on any atom is 0.245 e. The van der Waals surface area contributed by atoms with Gasteiger partial charge in [-0.05, 0) is 19.9 Å². The van der Waals surface area contributed by atoms with Crippen LogP contribution in [0.2, 0.25) is 0 Å². The van der Waals surface area contributed by atoms with E-state index in [1.54, 1.807) is 0 Å². The third kappa shape index (κ3) is 3.56. The summed E-state index contributed by atoms with van der Waals surface area (Å²) in [5.41, 5.74) is 3.25. The number of carbonyl (C=O) groups excluding carboxylic acids is 1. The van der Waals surface area contributed by atoms with Gasteiger partial charge in [0.15, 0.2) is 17.0 Å². The molecule has 0 spiro atoms. The van der Waals surface area contributed by atoms with Crippen molar-refractivity contribution in [3.05, 3.63) is 18.1 Å². The summed E-state index contributed by atoms with van der Waals surface area (Å²) in [5, 5.41) is 4.64. The Labute approximate surface area is 169 Å². The van der Waals surface area contributed by atoms with Crippen LogP contribution in [0.1, 0.15) is 38.8 Å². The fourth-order valence-electron chi connectivity index (χ4n) is 3.84. The van der Waals surface area contributed by atoms with Crippen molar-refractivity contribution in [1.82, 2.24) is 34.2 Å². The number of fused-ring (bicyclic) bond motifs is 1. The van der Waals surface area contributed by atoms with Crippen LogP contribution in [0.3, 0.4) is 0 Å². The van der Waals surface area contributed by atoms with Crippen molar-refractivity contribution in [3.63, 3.8) is 0 Å². The van der Waals surface area contributed by atoms with E-state index in [1.807, 2.05) is 41.1 Å². The fraction of sp³-hybridized carbons (Fsp3) is 0.550. The van der Waals surface area contributed by atoms with E-state index in [2.05, 4.69) is 22.0 Å². The van der Waals surface area contributed by atoms with E-state index in [9.17, 15) is 4.79 Å². The first-order valence-corrected chi connectivity index (χ1v) is 10.2. The monoisotopic (exact) mass is 397 g/mol. The number of hydrogen-bond donors (Lipinski definition) is 0. The molecule has 154 valence electrons. The summed E-state index contributed by atoms with van der Waals surface area (Å²) in [7, 11) is 1.93. The van der Waals surface area contributed by atoms with E-state index in [1.165, 1.54) is 6.33 Å². The maximum absolute atomic E-state index is 11.9. The van der Waals surface area contributed by atoms with Gasteiger partial charge in [0.25, 0.3) is 0 Å². The Kier molecular flexibility index (Phi) is 5.21. The Hall–Kier alpha value is -2.97. The lowest BCUT2D eigenvalue weighted by molar-refractivity contribution is -0.132. The zero-order valence-corrected chi connectivity index (χ0v) is 17.4. The summed E-state index contributed by atoms with van der Waals surface area (Å²) in [5.74, 6) is 1.43. The minimum absolute atomic E-state index is 0.0148. The Balaban J connectivity index is 1.59. The molecule has 0 aromatic carbocycles. The molecule has 1 saturated heterocycles. The minimum Gasteiger partial charge on any atom is -0.473 e. The third-order valence-electron chi connectivity index (χ3n) is 5.51. The number of rotatable bonds is 5. The zero-order valence-electron chi connectivity index (χ0n) is 17.4. The number of aromatic nitrogens is 6. The molecule has 0 aliphatic carbocycles. The van der Waals surface area contributed by atoms with E-state index >= 15 is 0 Å². The molecule has 0 radical (unpaired) electrons. The first-order valence-electron chi connectivity index (χ1n) is 10.2. The van der Waals surface area contributed by atoms with Crippen LogP contribution >= 0.6 is 0 Å². The Morgan fingerprint density at radius 3 is 2.66 bits per heavy atom. The van der Waals surface area contributed by atoms with Crippen molar-refractivity contribution in [3.8, 4) is 17.4 Å². The van der Waals surface area contributed by atoms with Gasteiger partial charge in [0, 0.05) is 51.6 Å². The fourth-order valence-corrected chi connectivity index (χ4v) is 3.84. The zero-order chi connectivity index (χ0) is 20.5. The second-order valence-corrected chi connectivity index (χ2v) is 7.38. The SMILES string of the molecule is CCC(=O)N1CCC(Oc2ncnc3c2nc(-c2cc(C)n(CC)n2)n3C)CC1. The molecule has 9 nitrogen and oxygen atoms in total. The van der Waals surface area contributed by atoms with Gasteiger partial charge >= 0.3 is 0 Å². The number of amides is 1. The summed E-state index contributed by atoms with van der Waals surface area (Å²) in [4.78, 5) is 27.3. The lowest BCUT2D eigenvalue weighted by Crippen LogP contribution is -2.41. The molecule has 0 atom stereocenters. The summed E-state index contributed by atoms with van der Waals surface area (Å²) >= 11 is 0. The van der Waals surface area contributed by atoms with E-state index in [4.69, 9.17) is 9.72 Å². The molecule has 1 fully saturated rings. The molecule has 4 rings (SSSR count). The van der Waals surface area contributed by atoms with Crippen LogP contribution in [0.5, 0.6) is 5.88 Å². The molecule has 1 aliphatic rings. The number of piperidine rings is 1. The lowest BCUT2D eigenvalue weighted by Gasteiger charge is -2.31. The Morgan fingerprint density at radius 1 is 1.24 bits per heavy atom. The van der Waals surface area contributed by atoms with Crippen LogP contribution in [-0.4, -0.2) is 59.3 Å². The van der Waals surface area contributed by atoms with Crippen LogP contribution in [-0.2, 0) is 18.4 Å². The largest absolute Gasteiger partial charge is 0.473 e. The molecule has 0 bridgehead atoms. The number of imidazole rings is 1. The molecule has 3 aromatic rings. The lowest BCUT2D eigenvalue weighted by atomic mass is 10.1. The Morgan fingerprint density at radius 2 is 2.00 bits per heavy atom. The number of ether oxygens (including phenoxy) is 1. The summed E-state index contributed by atoms with van der Waals surface area (Å²) < 4.78 is 10.1. The number of hydrogen-bond acceptors (Lipinski definition) is 6. The minimum atomic E-state index is 0.0148. The molecule has 1 aliphatic heterocycles. The van der Waals surface area contributed by atoms with Crippen LogP contribution in [0.4, 0.5) is 0 Å². The molecular weight excluding hydrogens is 370 g/mol. The van der Waals surface area contributed by atoms with Gasteiger partial charge in [-0.25, -0.2) is 9.97 Å². The topological polar surface area (TPSA) is 91.0 Å². The van der Waals surface area contributed by atoms with Crippen molar-refractivity contribution in [2.75, 3.05) is 13.1 Å². The van der Waals surface area contributed by atoms with Crippen molar-refractivity contribution in [2.24, 2.45) is 7.05 Å². The normalized spacial score (nSPS) is 15.2. The standard InChI is InChI=1S/C20H27N7O2/c1-5-16(28)26-9-7-14(8-10-26)29-20-17-19(21-12-22-20)25(4)18(23-17)15-11-13(3)27(6-2)24-15/h11-12,14H,5-10H2,1-4H3. The molecule has 9 heteroatoms. The highest BCUT2D eigenvalue weighted by Gasteiger charge is 2.25. The molecular formula is C20H27N7O2. The molecule has 3 aromatic heterocycles. The van der Waals surface area contributed by atoms with Crippen molar-refractivity contribution in [1.29, 1.82) is 0 Å². The van der Waals surface area contributed by atoms with Gasteiger partial charge in [-0.1, -0.05) is 6.92 Å². The average Bonchev–Trinajstić information content (AvgIpc) is 3.28. The van der Waals surface area contributed by atoms with E-state index in [0.29, 0.717) is 36.6 Å². The molecule has 1 amide bonds. The van der Waals surface area contributed by atoms with Gasteiger partial charge in [-0.3, -0.25) is 9.48 Å². The quantitative estimate of drug-likeness (QED) is 0.656. The summed E-state index contributed by atoms with van der Waals surface area (Å²) in [6, 6.07) is 2.03. The van der Waals surface area contributed by atoms with E-state index in [0.717, 1.165) is 36.6 Å². The van der Waals surface area contributed by atoms with Crippen LogP contribution < -0.4 is 4.74 Å². The van der Waals surface area contributed by atoms with Gasteiger partial charge in [-0.2, -0.15) is 10.1 Å². The number of carbonyl (C=O) groups is 1. The van der Waals surface area contributed by atoms with Crippen molar-refractivity contribution in [2.45, 2.75) is 52.7 Å². The first kappa shape index (κ1) is 19.4. The molecule has 0 saturated carbocycles. The number of likely N-dealkylation sites (tertiary alicyclic amines) is 1. The third-order valence-corrected chi connectivity index (χ3v) is 5.51. The van der Waals surface area contributed by atoms with Crippen LogP contribution in [0, 0.1) is 6.92 Å². The highest BCUT2D eigenvalue weighted by atomic mass is 16.5. The average molecular weight is 397 g/mol. The highest BCUT2D eigenvalue weighted by Crippen LogP contribution is 2.28. The summed E-state index contributed by atoms with van der Waals surface area (Å²) in [6.45, 7) is 8.23. The smallest absolute Gasteiger partial charge is 0.245 e. The first-order chi connectivity index (χ1) is 14.0. The second kappa shape index (κ2) is 7.81. The Bertz CT molecular complexity index is 1030. The van der Waals surface area contributed by atoms with Gasteiger partial charge in [0.2, 0.25) is 11.8 Å². The van der Waals surface area contributed by atoms with Crippen molar-refractivity contribution < 1.29 is 9.53 Å². The number of aryl methyl sites for hydroxylation is 3. The molecule has 29 heavy (non-hydrogen) atoms. The van der Waals surface area contributed by atoms with E-state index in [-0.39, 0.29) is 12.0 Å². The summed E-state index contributed by atoms with van der Waals surface area (Å²) in [6.07, 6.45) is 3.64. The predicted octanol–water partition coefficient (Wildman–Crippen LogP) is 2.33. The second-order valence-electron chi connectivity index (χ2n) is 7.38. The van der Waals surface area contributed by atoms with Gasteiger partial charge < -0.3 is 14.2 Å². The van der Waals surface area contributed by atoms with Crippen LogP contribution in [0.25, 0.3) is 22.7 Å². The maximum atomic E-state index is 11.9. The van der Waals surface area contributed by atoms with Gasteiger partial charge in [0.05, 0.1) is 0 Å². The number of nitrogens with zero attached hydrogens (tertiary/aromatic N) is 7. The van der Waals surface area contributed by atoms with E-state index < -0.39 is 0 Å². The van der Waals surface area contributed by atoms with Gasteiger partial charge in [0.1, 0.15) is 18.1 Å². The molecule has 4 heterocycles. The molecule has 0 N–H and O–H groups in total. The molecule has 0 unspecified atom stereocenters.